The molecule has 0 saturated carbocycles. The van der Waals surface area contributed by atoms with Crippen molar-refractivity contribution in [3.05, 3.63) is 6.20 Å². The van der Waals surface area contributed by atoms with Crippen LogP contribution in [0, 0.1) is 0 Å². The van der Waals surface area contributed by atoms with Gasteiger partial charge in [0.15, 0.2) is 0 Å². The van der Waals surface area contributed by atoms with Crippen LogP contribution in [-0.2, 0) is 4.79 Å². The summed E-state index contributed by atoms with van der Waals surface area (Å²) < 4.78 is 0. The summed E-state index contributed by atoms with van der Waals surface area (Å²) in [6, 6.07) is 0. The van der Waals surface area contributed by atoms with E-state index in [1.807, 2.05) is 4.90 Å². The Bertz CT molecular complexity index is 110. The molecule has 0 N–H and O–H groups in total. The van der Waals surface area contributed by atoms with Crippen molar-refractivity contribution in [3.8, 4) is 0 Å². The van der Waals surface area contributed by atoms with Gasteiger partial charge in [-0.1, -0.05) is 0 Å². The molecule has 0 radical (unpaired) electrons. The number of likely N-dealkylation sites (tertiary alicyclic amines) is 1. The fourth-order valence-electron chi connectivity index (χ4n) is 0.945. The molecule has 0 spiro atoms. The molecular formula is C6H9NO. The largest absolute Gasteiger partial charge is 0.369 e. The van der Waals surface area contributed by atoms with E-state index in [2.05, 4.69) is 0 Å². The van der Waals surface area contributed by atoms with Crippen LogP contribution >= 0.6 is 0 Å². The molecule has 0 aromatic rings. The first-order chi connectivity index (χ1) is 3.93. The third-order valence-electron chi connectivity index (χ3n) is 1.38. The van der Waals surface area contributed by atoms with Gasteiger partial charge in [0.1, 0.15) is 5.94 Å². The Hall–Kier alpha value is -0.750. The maximum absolute atomic E-state index is 9.74. The lowest BCUT2D eigenvalue weighted by Gasteiger charge is -2.05. The molecule has 0 bridgehead atoms. The van der Waals surface area contributed by atoms with Gasteiger partial charge >= 0.3 is 0 Å². The van der Waals surface area contributed by atoms with Crippen LogP contribution in [0.15, 0.2) is 6.20 Å². The highest BCUT2D eigenvalue weighted by Gasteiger charge is 2.05. The molecule has 0 atom stereocenters. The van der Waals surface area contributed by atoms with Crippen molar-refractivity contribution < 1.29 is 4.79 Å². The van der Waals surface area contributed by atoms with Crippen LogP contribution in [0.2, 0.25) is 0 Å². The van der Waals surface area contributed by atoms with E-state index < -0.39 is 0 Å². The summed E-state index contributed by atoms with van der Waals surface area (Å²) in [6.07, 6.45) is 3.93. The minimum Gasteiger partial charge on any atom is -0.369 e. The standard InChI is InChI=1S/C6H9NO/c8-6-5-7-3-1-2-4-7/h5H,1-4H2. The van der Waals surface area contributed by atoms with E-state index in [0.717, 1.165) is 13.1 Å². The molecule has 0 aliphatic carbocycles. The van der Waals surface area contributed by atoms with Crippen molar-refractivity contribution in [2.24, 2.45) is 0 Å². The average Bonchev–Trinajstić information content (AvgIpc) is 2.19. The number of carbonyl (C=O) groups excluding carboxylic acids is 1. The Kier molecular flexibility index (Phi) is 1.70. The first kappa shape index (κ1) is 5.39. The molecule has 0 aromatic heterocycles. The van der Waals surface area contributed by atoms with Crippen molar-refractivity contribution in [1.82, 2.24) is 4.90 Å². The van der Waals surface area contributed by atoms with E-state index in [4.69, 9.17) is 0 Å². The highest BCUT2D eigenvalue weighted by molar-refractivity contribution is 5.44. The third-order valence-corrected chi connectivity index (χ3v) is 1.38. The summed E-state index contributed by atoms with van der Waals surface area (Å²) in [6.45, 7) is 2.07. The average molecular weight is 111 g/mol. The summed E-state index contributed by atoms with van der Waals surface area (Å²) in [4.78, 5) is 11.7. The fourth-order valence-corrected chi connectivity index (χ4v) is 0.945. The molecule has 1 heterocycles. The molecule has 8 heavy (non-hydrogen) atoms. The van der Waals surface area contributed by atoms with Gasteiger partial charge in [-0.2, -0.15) is 0 Å². The third kappa shape index (κ3) is 1.11. The second-order valence-electron chi connectivity index (χ2n) is 1.99. The zero-order chi connectivity index (χ0) is 5.82. The Balaban J connectivity index is 2.35. The smallest absolute Gasteiger partial charge is 0.142 e. The molecule has 1 saturated heterocycles. The van der Waals surface area contributed by atoms with Crippen LogP contribution in [0.1, 0.15) is 12.8 Å². The topological polar surface area (TPSA) is 20.3 Å². The number of hydrogen-bond acceptors (Lipinski definition) is 2. The van der Waals surface area contributed by atoms with Gasteiger partial charge in [-0.15, -0.1) is 0 Å². The Morgan fingerprint density at radius 1 is 1.38 bits per heavy atom. The van der Waals surface area contributed by atoms with Gasteiger partial charge < -0.3 is 4.90 Å². The van der Waals surface area contributed by atoms with Crippen molar-refractivity contribution in [2.45, 2.75) is 12.8 Å². The van der Waals surface area contributed by atoms with Gasteiger partial charge in [0.25, 0.3) is 0 Å². The second kappa shape index (κ2) is 2.53. The van der Waals surface area contributed by atoms with E-state index in [1.54, 1.807) is 5.94 Å². The predicted molar refractivity (Wildman–Crippen MR) is 31.1 cm³/mol. The summed E-state index contributed by atoms with van der Waals surface area (Å²) in [5.74, 6) is 1.76. The highest BCUT2D eigenvalue weighted by atomic mass is 16.1. The van der Waals surface area contributed by atoms with Gasteiger partial charge in [-0.25, -0.2) is 4.79 Å². The summed E-state index contributed by atoms with van der Waals surface area (Å²) in [5, 5.41) is 0. The van der Waals surface area contributed by atoms with E-state index in [0.29, 0.717) is 0 Å². The monoisotopic (exact) mass is 111 g/mol. The van der Waals surface area contributed by atoms with Crippen molar-refractivity contribution >= 4 is 5.94 Å². The molecule has 1 aliphatic rings. The van der Waals surface area contributed by atoms with Crippen LogP contribution < -0.4 is 0 Å². The molecule has 1 aliphatic heterocycles. The number of rotatable bonds is 1. The normalized spacial score (nSPS) is 18.2. The van der Waals surface area contributed by atoms with Crippen LogP contribution in [0.4, 0.5) is 0 Å². The molecule has 2 heteroatoms. The molecule has 44 valence electrons. The maximum atomic E-state index is 9.74. The van der Waals surface area contributed by atoms with Crippen molar-refractivity contribution in [1.29, 1.82) is 0 Å². The second-order valence-corrected chi connectivity index (χ2v) is 1.99. The van der Waals surface area contributed by atoms with Gasteiger partial charge in [-0.3, -0.25) is 0 Å². The lowest BCUT2D eigenvalue weighted by molar-refractivity contribution is 0.466. The van der Waals surface area contributed by atoms with Gasteiger partial charge in [0.05, 0.1) is 6.20 Å². The van der Waals surface area contributed by atoms with E-state index >= 15 is 0 Å². The molecule has 0 unspecified atom stereocenters. The lowest BCUT2D eigenvalue weighted by Crippen LogP contribution is -2.10. The van der Waals surface area contributed by atoms with Gasteiger partial charge in [0.2, 0.25) is 0 Å². The van der Waals surface area contributed by atoms with Crippen molar-refractivity contribution in [3.63, 3.8) is 0 Å². The maximum Gasteiger partial charge on any atom is 0.142 e. The SMILES string of the molecule is O=C=CN1CCCC1. The zero-order valence-electron chi connectivity index (χ0n) is 4.76. The highest BCUT2D eigenvalue weighted by Crippen LogP contribution is 2.05. The summed E-state index contributed by atoms with van der Waals surface area (Å²) in [7, 11) is 0. The van der Waals surface area contributed by atoms with E-state index in [9.17, 15) is 4.79 Å². The first-order valence-corrected chi connectivity index (χ1v) is 2.88. The molecule has 2 nitrogen and oxygen atoms in total. The molecule has 0 aromatic carbocycles. The molecule has 0 amide bonds. The molecule has 1 fully saturated rings. The van der Waals surface area contributed by atoms with Crippen LogP contribution in [0.3, 0.4) is 0 Å². The van der Waals surface area contributed by atoms with Crippen LogP contribution in [0.5, 0.6) is 0 Å². The molecular weight excluding hydrogens is 102 g/mol. The van der Waals surface area contributed by atoms with Crippen LogP contribution in [0.25, 0.3) is 0 Å². The minimum atomic E-state index is 1.04. The first-order valence-electron chi connectivity index (χ1n) is 2.88. The fraction of sp³-hybridized carbons (Fsp3) is 0.667. The van der Waals surface area contributed by atoms with Gasteiger partial charge in [0, 0.05) is 13.1 Å². The lowest BCUT2D eigenvalue weighted by atomic mass is 10.4. The Labute approximate surface area is 48.8 Å². The molecule has 1 rings (SSSR count). The summed E-state index contributed by atoms with van der Waals surface area (Å²) in [5.41, 5.74) is 0. The Morgan fingerprint density at radius 2 is 2.00 bits per heavy atom. The predicted octanol–water partition coefficient (Wildman–Crippen LogP) is 0.427. The quantitative estimate of drug-likeness (QED) is 0.457. The van der Waals surface area contributed by atoms with Gasteiger partial charge in [-0.05, 0) is 12.8 Å². The zero-order valence-corrected chi connectivity index (χ0v) is 4.76. The van der Waals surface area contributed by atoms with Crippen LogP contribution in [-0.4, -0.2) is 23.9 Å². The Morgan fingerprint density at radius 3 is 2.50 bits per heavy atom. The van der Waals surface area contributed by atoms with E-state index in [-0.39, 0.29) is 0 Å². The summed E-state index contributed by atoms with van der Waals surface area (Å²) >= 11 is 0. The van der Waals surface area contributed by atoms with Crippen molar-refractivity contribution in [2.75, 3.05) is 13.1 Å². The number of nitrogens with zero attached hydrogens (tertiary/aromatic N) is 1. The van der Waals surface area contributed by atoms with E-state index in [1.165, 1.54) is 19.0 Å². The minimum absolute atomic E-state index is 1.04. The number of hydrogen-bond donors (Lipinski definition) is 0.